The third kappa shape index (κ3) is 5.90. The summed E-state index contributed by atoms with van der Waals surface area (Å²) < 4.78 is 47.3. The first-order valence-electron chi connectivity index (χ1n) is 9.81. The molecular weight excluding hydrogens is 413 g/mol. The van der Waals surface area contributed by atoms with E-state index < -0.39 is 12.4 Å². The van der Waals surface area contributed by atoms with Crippen LogP contribution in [0.4, 0.5) is 13.2 Å². The van der Waals surface area contributed by atoms with Crippen molar-refractivity contribution in [2.24, 2.45) is 5.92 Å². The van der Waals surface area contributed by atoms with Gasteiger partial charge in [0.15, 0.2) is 11.5 Å². The van der Waals surface area contributed by atoms with E-state index in [9.17, 15) is 22.8 Å². The second-order valence-corrected chi connectivity index (χ2v) is 7.15. The smallest absolute Gasteiger partial charge is 0.387 e. The summed E-state index contributed by atoms with van der Waals surface area (Å²) in [6.45, 7) is -1.89. The summed E-state index contributed by atoms with van der Waals surface area (Å²) in [4.78, 5) is 26.7. The van der Waals surface area contributed by atoms with Crippen molar-refractivity contribution in [3.05, 3.63) is 59.4 Å². The van der Waals surface area contributed by atoms with Crippen LogP contribution in [0.15, 0.2) is 42.5 Å². The Kier molecular flexibility index (Phi) is 7.38. The Balaban J connectivity index is 1.50. The number of alkyl halides is 2. The number of ether oxygens (including phenoxy) is 2. The second kappa shape index (κ2) is 10.2. The fourth-order valence-electron chi connectivity index (χ4n) is 3.47. The lowest BCUT2D eigenvalue weighted by molar-refractivity contribution is -0.126. The summed E-state index contributed by atoms with van der Waals surface area (Å²) in [5.41, 5.74) is 1.09. The van der Waals surface area contributed by atoms with Crippen molar-refractivity contribution in [3.63, 3.8) is 0 Å². The van der Waals surface area contributed by atoms with E-state index in [1.54, 1.807) is 11.0 Å². The highest BCUT2D eigenvalue weighted by Gasteiger charge is 2.27. The molecule has 0 saturated carbocycles. The van der Waals surface area contributed by atoms with Crippen LogP contribution < -0.4 is 14.8 Å². The zero-order valence-electron chi connectivity index (χ0n) is 16.9. The van der Waals surface area contributed by atoms with Gasteiger partial charge in [0.25, 0.3) is 5.91 Å². The summed E-state index contributed by atoms with van der Waals surface area (Å²) in [6, 6.07) is 9.85. The molecule has 0 radical (unpaired) electrons. The van der Waals surface area contributed by atoms with Gasteiger partial charge in [0.05, 0.1) is 7.11 Å². The normalized spacial score (nSPS) is 14.4. The van der Waals surface area contributed by atoms with E-state index in [2.05, 4.69) is 10.1 Å². The van der Waals surface area contributed by atoms with Crippen LogP contribution in [0.25, 0.3) is 0 Å². The van der Waals surface area contributed by atoms with Gasteiger partial charge >= 0.3 is 6.61 Å². The van der Waals surface area contributed by atoms with Crippen LogP contribution in [0.3, 0.4) is 0 Å². The quantitative estimate of drug-likeness (QED) is 0.720. The number of hydrogen-bond acceptors (Lipinski definition) is 4. The molecule has 9 heteroatoms. The molecule has 166 valence electrons. The molecule has 3 rings (SSSR count). The van der Waals surface area contributed by atoms with Gasteiger partial charge in [0.2, 0.25) is 5.91 Å². The van der Waals surface area contributed by atoms with Gasteiger partial charge in [-0.3, -0.25) is 9.59 Å². The lowest BCUT2D eigenvalue weighted by Gasteiger charge is -2.31. The molecule has 0 spiro atoms. The molecule has 31 heavy (non-hydrogen) atoms. The summed E-state index contributed by atoms with van der Waals surface area (Å²) in [7, 11) is 1.34. The van der Waals surface area contributed by atoms with Gasteiger partial charge in [-0.1, -0.05) is 6.07 Å². The predicted molar refractivity (Wildman–Crippen MR) is 107 cm³/mol. The zero-order chi connectivity index (χ0) is 22.4. The topological polar surface area (TPSA) is 67.9 Å². The molecule has 1 heterocycles. The van der Waals surface area contributed by atoms with E-state index in [0.717, 1.165) is 0 Å². The molecule has 2 aromatic carbocycles. The minimum Gasteiger partial charge on any atom is -0.493 e. The van der Waals surface area contributed by atoms with Crippen molar-refractivity contribution in [1.29, 1.82) is 0 Å². The van der Waals surface area contributed by atoms with Crippen molar-refractivity contribution in [3.8, 4) is 11.5 Å². The first kappa shape index (κ1) is 22.5. The van der Waals surface area contributed by atoms with Crippen molar-refractivity contribution >= 4 is 11.8 Å². The molecule has 1 aliphatic rings. The molecule has 2 aromatic rings. The van der Waals surface area contributed by atoms with E-state index in [1.807, 2.05) is 0 Å². The van der Waals surface area contributed by atoms with Crippen molar-refractivity contribution < 1.29 is 32.2 Å². The van der Waals surface area contributed by atoms with Gasteiger partial charge in [0, 0.05) is 31.1 Å². The highest BCUT2D eigenvalue weighted by atomic mass is 19.3. The molecule has 6 nitrogen and oxygen atoms in total. The summed E-state index contributed by atoms with van der Waals surface area (Å²) in [5.74, 6) is -0.885. The van der Waals surface area contributed by atoms with Crippen LogP contribution in [0.5, 0.6) is 11.5 Å². The highest BCUT2D eigenvalue weighted by Crippen LogP contribution is 2.29. The Morgan fingerprint density at radius 3 is 2.39 bits per heavy atom. The van der Waals surface area contributed by atoms with Crippen molar-refractivity contribution in [1.82, 2.24) is 10.2 Å². The number of nitrogens with one attached hydrogen (secondary N) is 1. The monoisotopic (exact) mass is 436 g/mol. The number of rotatable bonds is 7. The molecule has 0 unspecified atom stereocenters. The number of amides is 2. The number of halogens is 3. The first-order chi connectivity index (χ1) is 14.9. The number of piperidine rings is 1. The van der Waals surface area contributed by atoms with Crippen molar-refractivity contribution in [2.75, 3.05) is 20.2 Å². The SMILES string of the molecule is COc1cc(CNC(=O)C2CCN(C(=O)c3ccc(F)cc3)CC2)ccc1OC(F)F. The molecule has 1 saturated heterocycles. The van der Waals surface area contributed by atoms with Gasteiger partial charge in [-0.2, -0.15) is 8.78 Å². The fraction of sp³-hybridized carbons (Fsp3) is 0.364. The molecule has 1 N–H and O–H groups in total. The maximum absolute atomic E-state index is 13.0. The van der Waals surface area contributed by atoms with E-state index in [4.69, 9.17) is 4.74 Å². The van der Waals surface area contributed by atoms with Crippen LogP contribution >= 0.6 is 0 Å². The van der Waals surface area contributed by atoms with Crippen LogP contribution in [0, 0.1) is 11.7 Å². The minimum atomic E-state index is -2.96. The predicted octanol–water partition coefficient (Wildman–Crippen LogP) is 3.60. The first-order valence-corrected chi connectivity index (χ1v) is 9.81. The van der Waals surface area contributed by atoms with Crippen LogP contribution in [0.1, 0.15) is 28.8 Å². The second-order valence-electron chi connectivity index (χ2n) is 7.15. The third-order valence-electron chi connectivity index (χ3n) is 5.15. The molecule has 1 aliphatic heterocycles. The molecule has 0 aliphatic carbocycles. The number of carbonyl (C=O) groups excluding carboxylic acids is 2. The summed E-state index contributed by atoms with van der Waals surface area (Å²) >= 11 is 0. The average Bonchev–Trinajstić information content (AvgIpc) is 2.78. The lowest BCUT2D eigenvalue weighted by atomic mass is 9.95. The molecule has 0 atom stereocenters. The van der Waals surface area contributed by atoms with E-state index in [1.165, 1.54) is 43.5 Å². The Hall–Kier alpha value is -3.23. The number of likely N-dealkylation sites (tertiary alicyclic amines) is 1. The van der Waals surface area contributed by atoms with Gasteiger partial charge < -0.3 is 19.7 Å². The molecule has 2 amide bonds. The van der Waals surface area contributed by atoms with E-state index in [-0.39, 0.29) is 35.8 Å². The standard InChI is InChI=1S/C22H23F3N2O4/c1-30-19-12-14(2-7-18(19)31-22(24)25)13-26-20(28)15-8-10-27(11-9-15)21(29)16-3-5-17(23)6-4-16/h2-7,12,15,22H,8-11,13H2,1H3,(H,26,28). The van der Waals surface area contributed by atoms with Crippen LogP contribution in [0.2, 0.25) is 0 Å². The maximum Gasteiger partial charge on any atom is 0.387 e. The van der Waals surface area contributed by atoms with E-state index >= 15 is 0 Å². The Labute approximate surface area is 177 Å². The average molecular weight is 436 g/mol. The molecular formula is C22H23F3N2O4. The Morgan fingerprint density at radius 2 is 1.77 bits per heavy atom. The number of benzene rings is 2. The Bertz CT molecular complexity index is 913. The molecule has 1 fully saturated rings. The lowest BCUT2D eigenvalue weighted by Crippen LogP contribution is -2.42. The van der Waals surface area contributed by atoms with E-state index in [0.29, 0.717) is 37.1 Å². The van der Waals surface area contributed by atoms with Gasteiger partial charge in [0.1, 0.15) is 5.82 Å². The maximum atomic E-state index is 13.0. The molecule has 0 bridgehead atoms. The van der Waals surface area contributed by atoms with Gasteiger partial charge in [-0.15, -0.1) is 0 Å². The number of methoxy groups -OCH3 is 1. The minimum absolute atomic E-state index is 0.0780. The fourth-order valence-corrected chi connectivity index (χ4v) is 3.47. The third-order valence-corrected chi connectivity index (χ3v) is 5.15. The number of carbonyl (C=O) groups is 2. The molecule has 0 aromatic heterocycles. The van der Waals surface area contributed by atoms with Crippen LogP contribution in [-0.4, -0.2) is 43.5 Å². The number of hydrogen-bond donors (Lipinski definition) is 1. The highest BCUT2D eigenvalue weighted by molar-refractivity contribution is 5.94. The summed E-state index contributed by atoms with van der Waals surface area (Å²) in [5, 5.41) is 2.83. The largest absolute Gasteiger partial charge is 0.493 e. The van der Waals surface area contributed by atoms with Gasteiger partial charge in [-0.05, 0) is 54.8 Å². The zero-order valence-corrected chi connectivity index (χ0v) is 16.9. The van der Waals surface area contributed by atoms with Crippen LogP contribution in [-0.2, 0) is 11.3 Å². The number of nitrogens with zero attached hydrogens (tertiary/aromatic N) is 1. The Morgan fingerprint density at radius 1 is 1.10 bits per heavy atom. The summed E-state index contributed by atoms with van der Waals surface area (Å²) in [6.07, 6.45) is 1.03. The van der Waals surface area contributed by atoms with Gasteiger partial charge in [-0.25, -0.2) is 4.39 Å². The van der Waals surface area contributed by atoms with Crippen molar-refractivity contribution in [2.45, 2.75) is 26.0 Å².